The van der Waals surface area contributed by atoms with E-state index >= 15 is 0 Å². The van der Waals surface area contributed by atoms with E-state index < -0.39 is 0 Å². The quantitative estimate of drug-likeness (QED) is 0.911. The van der Waals surface area contributed by atoms with Crippen LogP contribution in [0.2, 0.25) is 0 Å². The summed E-state index contributed by atoms with van der Waals surface area (Å²) in [6.45, 7) is 2.51. The minimum absolute atomic E-state index is 0.120. The first-order valence-corrected chi connectivity index (χ1v) is 8.42. The van der Waals surface area contributed by atoms with Gasteiger partial charge < -0.3 is 5.32 Å². The summed E-state index contributed by atoms with van der Waals surface area (Å²) in [6, 6.07) is 17.4. The van der Waals surface area contributed by atoms with Crippen molar-refractivity contribution in [1.29, 1.82) is 0 Å². The van der Waals surface area contributed by atoms with Crippen LogP contribution in [0.4, 0.5) is 5.69 Å². The van der Waals surface area contributed by atoms with Crippen molar-refractivity contribution in [3.05, 3.63) is 65.7 Å². The Hall–Kier alpha value is -2.95. The molecule has 0 atom stereocenters. The molecule has 2 aromatic carbocycles. The highest BCUT2D eigenvalue weighted by molar-refractivity contribution is 6.02. The van der Waals surface area contributed by atoms with Crippen molar-refractivity contribution in [3.63, 3.8) is 0 Å². The van der Waals surface area contributed by atoms with Gasteiger partial charge in [0.15, 0.2) is 0 Å². The minimum atomic E-state index is -0.158. The van der Waals surface area contributed by atoms with Crippen LogP contribution < -0.4 is 5.32 Å². The molecule has 0 fully saturated rings. The molecule has 0 radical (unpaired) electrons. The third kappa shape index (κ3) is 4.32. The number of benzene rings is 2. The number of rotatable bonds is 5. The maximum Gasteiger partial charge on any atom is 0.243 e. The van der Waals surface area contributed by atoms with Gasteiger partial charge in [-0.25, -0.2) is 5.01 Å². The van der Waals surface area contributed by atoms with E-state index in [1.54, 1.807) is 0 Å². The van der Waals surface area contributed by atoms with E-state index in [4.69, 9.17) is 0 Å². The maximum atomic E-state index is 12.3. The van der Waals surface area contributed by atoms with Crippen LogP contribution in [-0.4, -0.2) is 29.1 Å². The lowest BCUT2D eigenvalue weighted by molar-refractivity contribution is -0.132. The molecule has 0 spiro atoms. The largest absolute Gasteiger partial charge is 0.326 e. The Morgan fingerprint density at radius 2 is 1.76 bits per heavy atom. The van der Waals surface area contributed by atoms with Crippen LogP contribution in [0.5, 0.6) is 0 Å². The molecule has 2 aromatic rings. The predicted molar refractivity (Wildman–Crippen MR) is 98.4 cm³/mol. The number of hydrogen-bond acceptors (Lipinski definition) is 3. The van der Waals surface area contributed by atoms with Crippen molar-refractivity contribution in [3.8, 4) is 0 Å². The number of nitrogens with zero attached hydrogens (tertiary/aromatic N) is 2. The molecule has 5 heteroatoms. The van der Waals surface area contributed by atoms with E-state index in [9.17, 15) is 9.59 Å². The van der Waals surface area contributed by atoms with E-state index in [0.717, 1.165) is 28.9 Å². The summed E-state index contributed by atoms with van der Waals surface area (Å²) in [5.74, 6) is -0.278. The van der Waals surface area contributed by atoms with Crippen molar-refractivity contribution >= 4 is 23.2 Å². The fraction of sp³-hybridized carbons (Fsp3) is 0.250. The third-order valence-electron chi connectivity index (χ3n) is 4.18. The van der Waals surface area contributed by atoms with Gasteiger partial charge in [-0.15, -0.1) is 0 Å². The number of amides is 2. The number of carbonyl (C=O) groups is 2. The molecule has 0 saturated heterocycles. The maximum absolute atomic E-state index is 12.3. The van der Waals surface area contributed by atoms with Crippen molar-refractivity contribution in [2.45, 2.75) is 26.2 Å². The highest BCUT2D eigenvalue weighted by Crippen LogP contribution is 2.16. The Bertz CT molecular complexity index is 800. The Morgan fingerprint density at radius 3 is 2.52 bits per heavy atom. The van der Waals surface area contributed by atoms with Gasteiger partial charge in [-0.3, -0.25) is 9.59 Å². The number of anilines is 1. The predicted octanol–water partition coefficient (Wildman–Crippen LogP) is 3.35. The molecule has 128 valence electrons. The first-order valence-electron chi connectivity index (χ1n) is 8.42. The molecule has 1 aliphatic heterocycles. The van der Waals surface area contributed by atoms with Crippen molar-refractivity contribution in [2.24, 2.45) is 5.10 Å². The third-order valence-corrected chi connectivity index (χ3v) is 4.18. The number of nitrogens with one attached hydrogen (secondary N) is 1. The summed E-state index contributed by atoms with van der Waals surface area (Å²) in [5, 5.41) is 8.72. The molecule has 2 amide bonds. The second-order valence-corrected chi connectivity index (χ2v) is 6.04. The fourth-order valence-electron chi connectivity index (χ4n) is 2.75. The number of para-hydroxylation sites is 1. The Labute approximate surface area is 147 Å². The van der Waals surface area contributed by atoms with E-state index in [0.29, 0.717) is 6.54 Å². The average molecular weight is 335 g/mol. The van der Waals surface area contributed by atoms with Crippen LogP contribution in [0.15, 0.2) is 59.7 Å². The van der Waals surface area contributed by atoms with Gasteiger partial charge in [0.2, 0.25) is 11.8 Å². The van der Waals surface area contributed by atoms with Gasteiger partial charge in [-0.1, -0.05) is 48.5 Å². The SMILES string of the molecule is Cc1ccccc1NC(=O)CCC(=O)N1CCC(c2ccccc2)=N1. The van der Waals surface area contributed by atoms with Gasteiger partial charge in [0.05, 0.1) is 12.3 Å². The summed E-state index contributed by atoms with van der Waals surface area (Å²) in [4.78, 5) is 24.3. The van der Waals surface area contributed by atoms with Gasteiger partial charge in [0, 0.05) is 24.9 Å². The van der Waals surface area contributed by atoms with Crippen LogP contribution in [0.25, 0.3) is 0 Å². The smallest absolute Gasteiger partial charge is 0.243 e. The summed E-state index contributed by atoms with van der Waals surface area (Å²) in [6.07, 6.45) is 1.05. The van der Waals surface area contributed by atoms with E-state index in [1.165, 1.54) is 5.01 Å². The van der Waals surface area contributed by atoms with E-state index in [-0.39, 0.29) is 24.7 Å². The Morgan fingerprint density at radius 1 is 1.04 bits per heavy atom. The molecule has 0 unspecified atom stereocenters. The van der Waals surface area contributed by atoms with E-state index in [2.05, 4.69) is 10.4 Å². The van der Waals surface area contributed by atoms with Gasteiger partial charge >= 0.3 is 0 Å². The van der Waals surface area contributed by atoms with Crippen LogP contribution in [0.3, 0.4) is 0 Å². The fourth-order valence-corrected chi connectivity index (χ4v) is 2.75. The molecule has 1 aliphatic rings. The highest BCUT2D eigenvalue weighted by atomic mass is 16.2. The molecular formula is C20H21N3O2. The average Bonchev–Trinajstić information content (AvgIpc) is 3.13. The van der Waals surface area contributed by atoms with E-state index in [1.807, 2.05) is 61.5 Å². The van der Waals surface area contributed by atoms with Crippen LogP contribution >= 0.6 is 0 Å². The van der Waals surface area contributed by atoms with Crippen LogP contribution in [0.1, 0.15) is 30.4 Å². The molecule has 1 heterocycles. The number of hydrazone groups is 1. The first-order chi connectivity index (χ1) is 12.1. The lowest BCUT2D eigenvalue weighted by Gasteiger charge is -2.12. The monoisotopic (exact) mass is 335 g/mol. The second kappa shape index (κ2) is 7.75. The molecular weight excluding hydrogens is 314 g/mol. The lowest BCUT2D eigenvalue weighted by Crippen LogP contribution is -2.25. The molecule has 3 rings (SSSR count). The zero-order valence-corrected chi connectivity index (χ0v) is 14.2. The highest BCUT2D eigenvalue weighted by Gasteiger charge is 2.21. The van der Waals surface area contributed by atoms with Gasteiger partial charge in [0.1, 0.15) is 0 Å². The summed E-state index contributed by atoms with van der Waals surface area (Å²) in [5.41, 5.74) is 3.73. The molecule has 25 heavy (non-hydrogen) atoms. The van der Waals surface area contributed by atoms with Gasteiger partial charge in [0.25, 0.3) is 0 Å². The molecule has 1 N–H and O–H groups in total. The second-order valence-electron chi connectivity index (χ2n) is 6.04. The molecule has 0 bridgehead atoms. The molecule has 5 nitrogen and oxygen atoms in total. The van der Waals surface area contributed by atoms with Crippen LogP contribution in [0, 0.1) is 6.92 Å². The number of hydrogen-bond donors (Lipinski definition) is 1. The molecule has 0 aliphatic carbocycles. The van der Waals surface area contributed by atoms with Gasteiger partial charge in [-0.05, 0) is 24.1 Å². The van der Waals surface area contributed by atoms with Crippen molar-refractivity contribution in [1.82, 2.24) is 5.01 Å². The lowest BCUT2D eigenvalue weighted by atomic mass is 10.1. The van der Waals surface area contributed by atoms with Crippen molar-refractivity contribution in [2.75, 3.05) is 11.9 Å². The first kappa shape index (κ1) is 16.9. The molecule has 0 saturated carbocycles. The summed E-state index contributed by atoms with van der Waals surface area (Å²) >= 11 is 0. The zero-order valence-electron chi connectivity index (χ0n) is 14.2. The van der Waals surface area contributed by atoms with Gasteiger partial charge in [-0.2, -0.15) is 5.10 Å². The minimum Gasteiger partial charge on any atom is -0.326 e. The number of carbonyl (C=O) groups excluding carboxylic acids is 2. The Balaban J connectivity index is 1.52. The normalized spacial score (nSPS) is 13.5. The standard InChI is InChI=1S/C20H21N3O2/c1-15-7-5-6-10-17(15)21-19(24)11-12-20(25)23-14-13-18(22-23)16-8-3-2-4-9-16/h2-10H,11-14H2,1H3,(H,21,24). The topological polar surface area (TPSA) is 61.8 Å². The molecule has 0 aromatic heterocycles. The summed E-state index contributed by atoms with van der Waals surface area (Å²) < 4.78 is 0. The number of aryl methyl sites for hydroxylation is 1. The van der Waals surface area contributed by atoms with Crippen molar-refractivity contribution < 1.29 is 9.59 Å². The van der Waals surface area contributed by atoms with Crippen LogP contribution in [-0.2, 0) is 9.59 Å². The summed E-state index contributed by atoms with van der Waals surface area (Å²) in [7, 11) is 0. The zero-order chi connectivity index (χ0) is 17.6. The Kier molecular flexibility index (Phi) is 5.23.